The van der Waals surface area contributed by atoms with Crippen molar-refractivity contribution in [1.82, 2.24) is 14.7 Å². The molecule has 0 saturated carbocycles. The average molecular weight is 627 g/mol. The molecule has 45 heavy (non-hydrogen) atoms. The number of carbonyl (C=O) groups is 5. The van der Waals surface area contributed by atoms with E-state index in [-0.39, 0.29) is 11.8 Å². The minimum Gasteiger partial charge on any atom is -0.481 e. The van der Waals surface area contributed by atoms with Gasteiger partial charge in [0.1, 0.15) is 6.04 Å². The highest BCUT2D eigenvalue weighted by Gasteiger charge is 2.41. The van der Waals surface area contributed by atoms with Gasteiger partial charge in [0, 0.05) is 71.4 Å². The number of piperazine rings is 1. The van der Waals surface area contributed by atoms with E-state index < -0.39 is 42.4 Å². The molecule has 4 rings (SSSR count). The van der Waals surface area contributed by atoms with Crippen LogP contribution in [0.4, 0.5) is 5.69 Å². The number of aliphatic hydroxyl groups is 1. The third kappa shape index (κ3) is 9.33. The second-order valence-corrected chi connectivity index (χ2v) is 11.5. The summed E-state index contributed by atoms with van der Waals surface area (Å²) in [5.74, 6) is -5.00. The lowest BCUT2D eigenvalue weighted by atomic mass is 9.96. The molecule has 2 aromatic carbocycles. The number of amides is 2. The zero-order valence-corrected chi connectivity index (χ0v) is 25.8. The van der Waals surface area contributed by atoms with E-state index in [1.54, 1.807) is 23.9 Å². The molecular weight excluding hydrogens is 584 g/mol. The standard InChI is InChI=1S/C26H34N4O2.C6H8O7/c1-20(21-9-5-4-6-10-21)29-17-15-28(16-18-29)14-13-25(31)30-23-12-8-7-11-22(23)19-24(30)26(32)27(2)3;7-3(8)1-6(13,5(11)12)2-4(9)10/h4-12,20,24H,13-19H2,1-3H3;13H,1-2H2,(H,7,8)(H,9,10)(H,11,12). The summed E-state index contributed by atoms with van der Waals surface area (Å²) < 4.78 is 0. The highest BCUT2D eigenvalue weighted by molar-refractivity contribution is 6.03. The number of likely N-dealkylation sites (N-methyl/N-ethyl adjacent to an activating group) is 1. The number of nitrogens with zero attached hydrogens (tertiary/aromatic N) is 4. The highest BCUT2D eigenvalue weighted by atomic mass is 16.4. The molecule has 0 bridgehead atoms. The molecule has 2 aliphatic rings. The topological polar surface area (TPSA) is 179 Å². The molecule has 2 aliphatic heterocycles. The zero-order valence-electron chi connectivity index (χ0n) is 25.8. The highest BCUT2D eigenvalue weighted by Crippen LogP contribution is 2.33. The Bertz CT molecular complexity index is 1340. The Morgan fingerprint density at radius 1 is 0.867 bits per heavy atom. The first-order valence-electron chi connectivity index (χ1n) is 14.8. The van der Waals surface area contributed by atoms with Crippen LogP contribution in [-0.4, -0.2) is 123 Å². The number of anilines is 1. The number of fused-ring (bicyclic) bond motifs is 1. The molecule has 13 heteroatoms. The molecule has 1 fully saturated rings. The summed E-state index contributed by atoms with van der Waals surface area (Å²) in [6.07, 6.45) is -1.27. The summed E-state index contributed by atoms with van der Waals surface area (Å²) in [7, 11) is 3.51. The van der Waals surface area contributed by atoms with Crippen molar-refractivity contribution >= 4 is 35.4 Å². The maximum absolute atomic E-state index is 13.3. The van der Waals surface area contributed by atoms with Crippen LogP contribution >= 0.6 is 0 Å². The third-order valence-electron chi connectivity index (χ3n) is 8.13. The minimum atomic E-state index is -2.74. The molecule has 244 valence electrons. The van der Waals surface area contributed by atoms with Crippen LogP contribution in [0.15, 0.2) is 54.6 Å². The zero-order chi connectivity index (χ0) is 33.3. The second-order valence-electron chi connectivity index (χ2n) is 11.5. The Balaban J connectivity index is 0.000000360. The second kappa shape index (κ2) is 15.6. The first-order valence-corrected chi connectivity index (χ1v) is 14.8. The molecule has 1 saturated heterocycles. The number of para-hydroxylation sites is 1. The van der Waals surface area contributed by atoms with E-state index in [1.807, 2.05) is 24.3 Å². The third-order valence-corrected chi connectivity index (χ3v) is 8.13. The fourth-order valence-electron chi connectivity index (χ4n) is 5.59. The number of rotatable bonds is 11. The number of carboxylic acids is 3. The Labute approximate surface area is 262 Å². The number of benzene rings is 2. The van der Waals surface area contributed by atoms with Crippen LogP contribution < -0.4 is 4.90 Å². The van der Waals surface area contributed by atoms with E-state index in [4.69, 9.17) is 20.4 Å². The van der Waals surface area contributed by atoms with Crippen LogP contribution in [0.5, 0.6) is 0 Å². The Morgan fingerprint density at radius 2 is 1.42 bits per heavy atom. The van der Waals surface area contributed by atoms with Gasteiger partial charge in [-0.25, -0.2) is 4.79 Å². The van der Waals surface area contributed by atoms with E-state index >= 15 is 0 Å². The van der Waals surface area contributed by atoms with E-state index in [1.165, 1.54) is 5.56 Å². The van der Waals surface area contributed by atoms with Crippen LogP contribution in [0.1, 0.15) is 43.4 Å². The maximum atomic E-state index is 13.3. The average Bonchev–Trinajstić information content (AvgIpc) is 3.39. The molecule has 2 aromatic rings. The lowest BCUT2D eigenvalue weighted by molar-refractivity contribution is -0.170. The largest absolute Gasteiger partial charge is 0.481 e. The molecule has 2 atom stereocenters. The van der Waals surface area contributed by atoms with Gasteiger partial charge in [0.15, 0.2) is 5.60 Å². The first kappa shape index (κ1) is 35.2. The summed E-state index contributed by atoms with van der Waals surface area (Å²) in [5, 5.41) is 33.8. The molecule has 0 spiro atoms. The van der Waals surface area contributed by atoms with Gasteiger partial charge in [-0.2, -0.15) is 0 Å². The van der Waals surface area contributed by atoms with Crippen molar-refractivity contribution in [3.05, 3.63) is 65.7 Å². The van der Waals surface area contributed by atoms with Crippen molar-refractivity contribution in [3.8, 4) is 0 Å². The van der Waals surface area contributed by atoms with E-state index in [9.17, 15) is 24.0 Å². The van der Waals surface area contributed by atoms with Crippen molar-refractivity contribution in [2.24, 2.45) is 0 Å². The van der Waals surface area contributed by atoms with Crippen LogP contribution in [0.2, 0.25) is 0 Å². The molecule has 2 unspecified atom stereocenters. The van der Waals surface area contributed by atoms with Gasteiger partial charge in [-0.15, -0.1) is 0 Å². The Kier molecular flexibility index (Phi) is 12.2. The molecule has 0 aliphatic carbocycles. The Hall–Kier alpha value is -4.33. The van der Waals surface area contributed by atoms with Crippen LogP contribution in [0, 0.1) is 0 Å². The van der Waals surface area contributed by atoms with E-state index in [0.717, 1.165) is 44.0 Å². The van der Waals surface area contributed by atoms with Gasteiger partial charge in [0.05, 0.1) is 12.8 Å². The summed E-state index contributed by atoms with van der Waals surface area (Å²) in [4.78, 5) is 64.7. The number of hydrogen-bond acceptors (Lipinski definition) is 8. The number of hydrogen-bond donors (Lipinski definition) is 4. The first-order chi connectivity index (χ1) is 21.2. The number of aliphatic carboxylic acids is 3. The molecule has 0 aromatic heterocycles. The fourth-order valence-corrected chi connectivity index (χ4v) is 5.59. The summed E-state index contributed by atoms with van der Waals surface area (Å²) >= 11 is 0. The molecule has 4 N–H and O–H groups in total. The lowest BCUT2D eigenvalue weighted by Gasteiger charge is -2.38. The summed E-state index contributed by atoms with van der Waals surface area (Å²) in [5.41, 5.74) is 0.571. The van der Waals surface area contributed by atoms with Crippen molar-refractivity contribution in [1.29, 1.82) is 0 Å². The SMILES string of the molecule is CC(c1ccccc1)N1CCN(CCC(=O)N2c3ccccc3CC2C(=O)N(C)C)CC1.O=C(O)CC(O)(CC(=O)O)C(=O)O. The van der Waals surface area contributed by atoms with Gasteiger partial charge < -0.3 is 30.2 Å². The van der Waals surface area contributed by atoms with E-state index in [0.29, 0.717) is 18.9 Å². The fraction of sp³-hybridized carbons (Fsp3) is 0.469. The quantitative estimate of drug-likeness (QED) is 0.284. The Morgan fingerprint density at radius 3 is 1.96 bits per heavy atom. The molecule has 13 nitrogen and oxygen atoms in total. The lowest BCUT2D eigenvalue weighted by Crippen LogP contribution is -2.50. The van der Waals surface area contributed by atoms with Crippen molar-refractivity contribution in [2.45, 2.75) is 50.3 Å². The van der Waals surface area contributed by atoms with Crippen molar-refractivity contribution < 1.29 is 44.4 Å². The molecular formula is C32H42N4O9. The normalized spacial score (nSPS) is 17.4. The van der Waals surface area contributed by atoms with Gasteiger partial charge in [-0.05, 0) is 24.1 Å². The van der Waals surface area contributed by atoms with Gasteiger partial charge in [0.2, 0.25) is 11.8 Å². The number of carboxylic acid groups (broad SMARTS) is 3. The van der Waals surface area contributed by atoms with E-state index in [2.05, 4.69) is 47.1 Å². The number of carbonyl (C=O) groups excluding carboxylic acids is 2. The monoisotopic (exact) mass is 626 g/mol. The van der Waals surface area contributed by atoms with Crippen LogP contribution in [0.25, 0.3) is 0 Å². The predicted molar refractivity (Wildman–Crippen MR) is 165 cm³/mol. The minimum absolute atomic E-state index is 0.0157. The van der Waals surface area contributed by atoms with Gasteiger partial charge >= 0.3 is 17.9 Å². The molecule has 0 radical (unpaired) electrons. The van der Waals surface area contributed by atoms with Gasteiger partial charge in [0.25, 0.3) is 0 Å². The smallest absolute Gasteiger partial charge is 0.336 e. The molecule has 2 amide bonds. The summed E-state index contributed by atoms with van der Waals surface area (Å²) in [6.45, 7) is 6.91. The van der Waals surface area contributed by atoms with Gasteiger partial charge in [-0.3, -0.25) is 29.0 Å². The summed E-state index contributed by atoms with van der Waals surface area (Å²) in [6, 6.07) is 18.5. The maximum Gasteiger partial charge on any atom is 0.336 e. The van der Waals surface area contributed by atoms with Crippen molar-refractivity contribution in [3.63, 3.8) is 0 Å². The molecule has 2 heterocycles. The van der Waals surface area contributed by atoms with Crippen LogP contribution in [-0.2, 0) is 30.4 Å². The predicted octanol–water partition coefficient (Wildman–Crippen LogP) is 1.55. The van der Waals surface area contributed by atoms with Gasteiger partial charge in [-0.1, -0.05) is 48.5 Å². The van der Waals surface area contributed by atoms with Crippen LogP contribution in [0.3, 0.4) is 0 Å². The van der Waals surface area contributed by atoms with Crippen molar-refractivity contribution in [2.75, 3.05) is 51.7 Å².